The molecule has 0 spiro atoms. The summed E-state index contributed by atoms with van der Waals surface area (Å²) in [7, 11) is 0. The molecule has 6 nitrogen and oxygen atoms in total. The molecule has 0 aliphatic carbocycles. The highest BCUT2D eigenvalue weighted by molar-refractivity contribution is 5.83. The minimum absolute atomic E-state index is 0.00826. The van der Waals surface area contributed by atoms with Crippen LogP contribution in [0.5, 0.6) is 0 Å². The first kappa shape index (κ1) is 16.1. The van der Waals surface area contributed by atoms with E-state index >= 15 is 0 Å². The maximum absolute atomic E-state index is 12.1. The average Bonchev–Trinajstić information content (AvgIpc) is 2.45. The van der Waals surface area contributed by atoms with E-state index in [0.717, 1.165) is 12.8 Å². The highest BCUT2D eigenvalue weighted by Crippen LogP contribution is 2.21. The smallest absolute Gasteiger partial charge is 0.269 e. The number of nitro benzene ring substituents is 1. The zero-order chi connectivity index (χ0) is 15.1. The largest absolute Gasteiger partial charge is 0.352 e. The van der Waals surface area contributed by atoms with E-state index in [2.05, 4.69) is 5.32 Å². The van der Waals surface area contributed by atoms with Gasteiger partial charge in [-0.2, -0.15) is 0 Å². The van der Waals surface area contributed by atoms with Gasteiger partial charge < -0.3 is 11.1 Å². The van der Waals surface area contributed by atoms with Crippen molar-refractivity contribution in [1.29, 1.82) is 0 Å². The minimum atomic E-state index is -0.464. The molecule has 0 saturated heterocycles. The van der Waals surface area contributed by atoms with Crippen LogP contribution in [-0.2, 0) is 4.79 Å². The minimum Gasteiger partial charge on any atom is -0.352 e. The van der Waals surface area contributed by atoms with Crippen LogP contribution < -0.4 is 11.1 Å². The van der Waals surface area contributed by atoms with Crippen molar-refractivity contribution in [2.24, 2.45) is 5.73 Å². The number of rotatable bonds is 7. The van der Waals surface area contributed by atoms with Gasteiger partial charge in [-0.3, -0.25) is 14.9 Å². The quantitative estimate of drug-likeness (QED) is 0.588. The van der Waals surface area contributed by atoms with Gasteiger partial charge in [0.25, 0.3) is 5.69 Å². The number of nitrogens with one attached hydrogen (secondary N) is 1. The first-order valence-corrected chi connectivity index (χ1v) is 6.74. The molecule has 20 heavy (non-hydrogen) atoms. The highest BCUT2D eigenvalue weighted by atomic mass is 16.6. The molecule has 0 saturated carbocycles. The number of benzene rings is 1. The lowest BCUT2D eigenvalue weighted by Gasteiger charge is -2.19. The van der Waals surface area contributed by atoms with Crippen molar-refractivity contribution in [3.8, 4) is 0 Å². The number of hydrogen-bond donors (Lipinski definition) is 2. The summed E-state index contributed by atoms with van der Waals surface area (Å²) in [5, 5.41) is 13.6. The number of nitrogens with zero attached hydrogens (tertiary/aromatic N) is 1. The third kappa shape index (κ3) is 4.31. The molecule has 0 aromatic heterocycles. The van der Waals surface area contributed by atoms with Crippen LogP contribution >= 0.6 is 0 Å². The van der Waals surface area contributed by atoms with E-state index in [9.17, 15) is 14.9 Å². The zero-order valence-electron chi connectivity index (χ0n) is 11.8. The van der Waals surface area contributed by atoms with Crippen LogP contribution in [0.2, 0.25) is 0 Å². The number of nitrogens with two attached hydrogens (primary N) is 1. The molecule has 0 radical (unpaired) electrons. The van der Waals surface area contributed by atoms with Crippen LogP contribution in [0, 0.1) is 10.1 Å². The molecular formula is C14H21N3O3. The Kier molecular flexibility index (Phi) is 6.11. The standard InChI is InChI=1S/C14H21N3O3/c1-3-5-12(9-15)16-14(18)10(2)11-6-4-7-13(8-11)17(19)20/h4,6-8,10,12H,3,5,9,15H2,1-2H3,(H,16,18). The summed E-state index contributed by atoms with van der Waals surface area (Å²) in [5.74, 6) is -0.602. The molecule has 0 fully saturated rings. The molecule has 0 aliphatic heterocycles. The Morgan fingerprint density at radius 3 is 2.75 bits per heavy atom. The van der Waals surface area contributed by atoms with Gasteiger partial charge in [-0.05, 0) is 18.9 Å². The number of nitro groups is 1. The summed E-state index contributed by atoms with van der Waals surface area (Å²) in [5.41, 5.74) is 6.23. The van der Waals surface area contributed by atoms with Crippen LogP contribution in [0.15, 0.2) is 24.3 Å². The molecule has 1 amide bonds. The summed E-state index contributed by atoms with van der Waals surface area (Å²) >= 11 is 0. The van der Waals surface area contributed by atoms with Gasteiger partial charge in [0.1, 0.15) is 0 Å². The molecule has 3 N–H and O–H groups in total. The predicted molar refractivity (Wildman–Crippen MR) is 77.4 cm³/mol. The first-order chi connectivity index (χ1) is 9.49. The average molecular weight is 279 g/mol. The van der Waals surface area contributed by atoms with Crippen LogP contribution in [0.4, 0.5) is 5.69 Å². The predicted octanol–water partition coefficient (Wildman–Crippen LogP) is 1.94. The summed E-state index contributed by atoms with van der Waals surface area (Å²) in [6.07, 6.45) is 1.76. The number of amides is 1. The highest BCUT2D eigenvalue weighted by Gasteiger charge is 2.19. The van der Waals surface area contributed by atoms with Gasteiger partial charge in [-0.15, -0.1) is 0 Å². The molecule has 2 atom stereocenters. The van der Waals surface area contributed by atoms with Gasteiger partial charge in [0, 0.05) is 24.7 Å². The summed E-state index contributed by atoms with van der Waals surface area (Å²) < 4.78 is 0. The molecule has 6 heteroatoms. The van der Waals surface area contributed by atoms with Gasteiger partial charge in [0.05, 0.1) is 10.8 Å². The third-order valence-electron chi connectivity index (χ3n) is 3.24. The molecule has 2 unspecified atom stereocenters. The van der Waals surface area contributed by atoms with Gasteiger partial charge >= 0.3 is 0 Å². The molecule has 0 bridgehead atoms. The van der Waals surface area contributed by atoms with Crippen molar-refractivity contribution in [2.75, 3.05) is 6.54 Å². The van der Waals surface area contributed by atoms with Gasteiger partial charge in [0.2, 0.25) is 5.91 Å². The number of carbonyl (C=O) groups excluding carboxylic acids is 1. The lowest BCUT2D eigenvalue weighted by molar-refractivity contribution is -0.384. The molecule has 1 aromatic carbocycles. The van der Waals surface area contributed by atoms with E-state index in [4.69, 9.17) is 5.73 Å². The van der Waals surface area contributed by atoms with Gasteiger partial charge in [-0.1, -0.05) is 25.5 Å². The van der Waals surface area contributed by atoms with Crippen molar-refractivity contribution in [3.05, 3.63) is 39.9 Å². The molecule has 0 aliphatic rings. The lowest BCUT2D eigenvalue weighted by Crippen LogP contribution is -2.41. The second kappa shape index (κ2) is 7.59. The van der Waals surface area contributed by atoms with E-state index in [0.29, 0.717) is 12.1 Å². The van der Waals surface area contributed by atoms with Crippen molar-refractivity contribution in [3.63, 3.8) is 0 Å². The van der Waals surface area contributed by atoms with Crippen LogP contribution in [0.3, 0.4) is 0 Å². The second-order valence-electron chi connectivity index (χ2n) is 4.80. The van der Waals surface area contributed by atoms with E-state index in [1.54, 1.807) is 19.1 Å². The summed E-state index contributed by atoms with van der Waals surface area (Å²) in [4.78, 5) is 22.4. The summed E-state index contributed by atoms with van der Waals surface area (Å²) in [6.45, 7) is 4.15. The van der Waals surface area contributed by atoms with Gasteiger partial charge in [0.15, 0.2) is 0 Å². The molecule has 0 heterocycles. The molecule has 1 rings (SSSR count). The Balaban J connectivity index is 2.78. The molecule has 110 valence electrons. The van der Waals surface area contributed by atoms with Crippen LogP contribution in [-0.4, -0.2) is 23.4 Å². The third-order valence-corrected chi connectivity index (χ3v) is 3.24. The second-order valence-corrected chi connectivity index (χ2v) is 4.80. The Morgan fingerprint density at radius 1 is 1.50 bits per heavy atom. The number of non-ortho nitro benzene ring substituents is 1. The molecular weight excluding hydrogens is 258 g/mol. The van der Waals surface area contributed by atoms with Crippen molar-refractivity contribution in [2.45, 2.75) is 38.6 Å². The fourth-order valence-electron chi connectivity index (χ4n) is 1.98. The van der Waals surface area contributed by atoms with Crippen LogP contribution in [0.1, 0.15) is 38.2 Å². The Hall–Kier alpha value is -1.95. The summed E-state index contributed by atoms with van der Waals surface area (Å²) in [6, 6.07) is 6.10. The maximum atomic E-state index is 12.1. The molecule has 1 aromatic rings. The van der Waals surface area contributed by atoms with E-state index in [-0.39, 0.29) is 17.6 Å². The van der Waals surface area contributed by atoms with Crippen molar-refractivity contribution < 1.29 is 9.72 Å². The maximum Gasteiger partial charge on any atom is 0.269 e. The fourth-order valence-corrected chi connectivity index (χ4v) is 1.98. The zero-order valence-corrected chi connectivity index (χ0v) is 11.8. The monoisotopic (exact) mass is 279 g/mol. The fraction of sp³-hybridized carbons (Fsp3) is 0.500. The Bertz CT molecular complexity index is 476. The van der Waals surface area contributed by atoms with E-state index in [1.165, 1.54) is 12.1 Å². The van der Waals surface area contributed by atoms with Crippen molar-refractivity contribution >= 4 is 11.6 Å². The Morgan fingerprint density at radius 2 is 2.20 bits per heavy atom. The number of carbonyl (C=O) groups is 1. The lowest BCUT2D eigenvalue weighted by atomic mass is 9.99. The van der Waals surface area contributed by atoms with E-state index in [1.807, 2.05) is 6.92 Å². The van der Waals surface area contributed by atoms with E-state index < -0.39 is 10.8 Å². The normalized spacial score (nSPS) is 13.6. The first-order valence-electron chi connectivity index (χ1n) is 6.74. The Labute approximate surface area is 118 Å². The topological polar surface area (TPSA) is 98.3 Å². The number of hydrogen-bond acceptors (Lipinski definition) is 4. The van der Waals surface area contributed by atoms with Crippen LogP contribution in [0.25, 0.3) is 0 Å². The SMILES string of the molecule is CCCC(CN)NC(=O)C(C)c1cccc([N+](=O)[O-])c1. The van der Waals surface area contributed by atoms with Gasteiger partial charge in [-0.25, -0.2) is 0 Å². The van der Waals surface area contributed by atoms with Crippen molar-refractivity contribution in [1.82, 2.24) is 5.32 Å².